The zero-order valence-electron chi connectivity index (χ0n) is 14.6. The van der Waals surface area contributed by atoms with Gasteiger partial charge in [-0.15, -0.1) is 23.2 Å². The summed E-state index contributed by atoms with van der Waals surface area (Å²) in [6.07, 6.45) is 0.301. The summed E-state index contributed by atoms with van der Waals surface area (Å²) in [5.41, 5.74) is 1.73. The fourth-order valence-electron chi connectivity index (χ4n) is 3.02. The van der Waals surface area contributed by atoms with Crippen LogP contribution in [0.25, 0.3) is 5.69 Å². The van der Waals surface area contributed by atoms with E-state index in [0.717, 1.165) is 11.4 Å². The Hall–Kier alpha value is -1.85. The molecule has 1 saturated carbocycles. The highest BCUT2D eigenvalue weighted by Crippen LogP contribution is 2.64. The van der Waals surface area contributed by atoms with Crippen LogP contribution in [0.2, 0.25) is 0 Å². The van der Waals surface area contributed by atoms with Crippen LogP contribution in [0.1, 0.15) is 35.1 Å². The Morgan fingerprint density at radius 3 is 2.35 bits per heavy atom. The van der Waals surface area contributed by atoms with Crippen molar-refractivity contribution in [2.24, 2.45) is 5.41 Å². The molecule has 0 saturated heterocycles. The molecule has 1 unspecified atom stereocenters. The molecule has 1 aliphatic rings. The lowest BCUT2D eigenvalue weighted by Gasteiger charge is -2.12. The topological polar surface area (TPSA) is 48.3 Å². The number of nitrogens with zero attached hydrogens (tertiary/aromatic N) is 1. The molecule has 0 N–H and O–H groups in total. The largest absolute Gasteiger partial charge is 0.457 e. The highest BCUT2D eigenvalue weighted by atomic mass is 35.5. The maximum atomic E-state index is 13.1. The number of benzene rings is 1. The molecule has 1 fully saturated rings. The van der Waals surface area contributed by atoms with Gasteiger partial charge in [0.15, 0.2) is 6.61 Å². The quantitative estimate of drug-likeness (QED) is 0.422. The maximum absolute atomic E-state index is 13.1. The number of aromatic nitrogens is 1. The summed E-state index contributed by atoms with van der Waals surface area (Å²) in [7, 11) is 0. The Balaban J connectivity index is 1.76. The summed E-state index contributed by atoms with van der Waals surface area (Å²) in [6, 6.07) is 7.72. The van der Waals surface area contributed by atoms with Crippen molar-refractivity contribution in [3.8, 4) is 5.69 Å². The third kappa shape index (κ3) is 3.14. The molecule has 3 rings (SSSR count). The lowest BCUT2D eigenvalue weighted by molar-refractivity contribution is -0.148. The van der Waals surface area contributed by atoms with E-state index in [1.165, 1.54) is 12.1 Å². The van der Waals surface area contributed by atoms with Gasteiger partial charge in [0.25, 0.3) is 0 Å². The van der Waals surface area contributed by atoms with Crippen LogP contribution < -0.4 is 0 Å². The van der Waals surface area contributed by atoms with E-state index in [9.17, 15) is 14.0 Å². The van der Waals surface area contributed by atoms with Crippen LogP contribution in [0.15, 0.2) is 30.3 Å². The van der Waals surface area contributed by atoms with E-state index in [1.54, 1.807) is 32.0 Å². The van der Waals surface area contributed by atoms with Crippen molar-refractivity contribution in [2.45, 2.75) is 31.5 Å². The van der Waals surface area contributed by atoms with Crippen LogP contribution in [-0.4, -0.2) is 27.3 Å². The molecule has 1 aromatic carbocycles. The van der Waals surface area contributed by atoms with E-state index < -0.39 is 15.7 Å². The number of carbonyl (C=O) groups is 2. The monoisotopic (exact) mass is 397 g/mol. The van der Waals surface area contributed by atoms with Gasteiger partial charge in [0.2, 0.25) is 5.78 Å². The van der Waals surface area contributed by atoms with Crippen molar-refractivity contribution in [1.82, 2.24) is 4.57 Å². The molecule has 1 aliphatic carbocycles. The van der Waals surface area contributed by atoms with Gasteiger partial charge < -0.3 is 9.30 Å². The van der Waals surface area contributed by atoms with Crippen LogP contribution in [0.5, 0.6) is 0 Å². The summed E-state index contributed by atoms with van der Waals surface area (Å²) in [5.74, 6) is -1.23. The normalized spacial score (nSPS) is 20.7. The molecule has 1 atom stereocenters. The number of Topliss-reactive ketones (excluding diaryl/α,β-unsaturated/α-hetero) is 1. The molecule has 1 aromatic heterocycles. The molecule has 0 bridgehead atoms. The van der Waals surface area contributed by atoms with Crippen LogP contribution in [0.4, 0.5) is 4.39 Å². The van der Waals surface area contributed by atoms with Crippen molar-refractivity contribution in [3.63, 3.8) is 0 Å². The first kappa shape index (κ1) is 18.9. The molecule has 0 radical (unpaired) electrons. The lowest BCUT2D eigenvalue weighted by atomic mass is 10.1. The fourth-order valence-corrected chi connectivity index (χ4v) is 3.71. The van der Waals surface area contributed by atoms with Gasteiger partial charge in [0, 0.05) is 29.1 Å². The van der Waals surface area contributed by atoms with Crippen molar-refractivity contribution >= 4 is 35.0 Å². The minimum atomic E-state index is -1.13. The average Bonchev–Trinajstić information content (AvgIpc) is 2.95. The summed E-state index contributed by atoms with van der Waals surface area (Å²) >= 11 is 11.9. The Labute approximate surface area is 160 Å². The Kier molecular flexibility index (Phi) is 4.65. The number of esters is 1. The van der Waals surface area contributed by atoms with E-state index in [1.807, 2.05) is 11.5 Å². The number of halogens is 3. The van der Waals surface area contributed by atoms with E-state index in [2.05, 4.69) is 0 Å². The van der Waals surface area contributed by atoms with E-state index in [0.29, 0.717) is 17.7 Å². The zero-order valence-corrected chi connectivity index (χ0v) is 16.1. The number of ketones is 1. The molecule has 0 aliphatic heterocycles. The number of alkyl halides is 2. The number of ether oxygens (including phenoxy) is 1. The first-order chi connectivity index (χ1) is 12.1. The lowest BCUT2D eigenvalue weighted by Crippen LogP contribution is -2.24. The summed E-state index contributed by atoms with van der Waals surface area (Å²) < 4.78 is 19.0. The number of hydrogen-bond donors (Lipinski definition) is 0. The van der Waals surface area contributed by atoms with Crippen LogP contribution in [0, 0.1) is 25.1 Å². The summed E-state index contributed by atoms with van der Waals surface area (Å²) in [6.45, 7) is 4.86. The van der Waals surface area contributed by atoms with E-state index in [-0.39, 0.29) is 18.2 Å². The van der Waals surface area contributed by atoms with Crippen molar-refractivity contribution in [1.29, 1.82) is 0 Å². The number of rotatable bonds is 5. The van der Waals surface area contributed by atoms with Crippen molar-refractivity contribution in [2.75, 3.05) is 6.61 Å². The summed E-state index contributed by atoms with van der Waals surface area (Å²) in [5, 5.41) is 0. The number of aryl methyl sites for hydroxylation is 1. The molecule has 0 amide bonds. The van der Waals surface area contributed by atoms with Crippen LogP contribution >= 0.6 is 23.2 Å². The average molecular weight is 398 g/mol. The molecule has 26 heavy (non-hydrogen) atoms. The minimum Gasteiger partial charge on any atom is -0.457 e. The van der Waals surface area contributed by atoms with Gasteiger partial charge in [-0.05, 0) is 51.1 Å². The second-order valence-corrected chi connectivity index (χ2v) is 8.29. The van der Waals surface area contributed by atoms with Crippen molar-refractivity contribution in [3.05, 3.63) is 53.1 Å². The number of hydrogen-bond acceptors (Lipinski definition) is 3. The van der Waals surface area contributed by atoms with Gasteiger partial charge in [-0.25, -0.2) is 4.39 Å². The standard InChI is InChI=1S/C19H18Cl2FNO3/c1-11-8-15(12(2)23(11)14-6-4-13(22)5-7-14)16(24)9-26-17(25)18(3)10-19(18,20)21/h4-8H,9-10H2,1-3H3. The van der Waals surface area contributed by atoms with Gasteiger partial charge in [-0.1, -0.05) is 0 Å². The van der Waals surface area contributed by atoms with E-state index in [4.69, 9.17) is 27.9 Å². The first-order valence-corrected chi connectivity index (χ1v) is 8.85. The van der Waals surface area contributed by atoms with Crippen LogP contribution in [-0.2, 0) is 9.53 Å². The molecule has 0 spiro atoms. The van der Waals surface area contributed by atoms with Crippen LogP contribution in [0.3, 0.4) is 0 Å². The molecule has 2 aromatic rings. The Morgan fingerprint density at radius 1 is 1.23 bits per heavy atom. The molecule has 138 valence electrons. The molecular formula is C19H18Cl2FNO3. The fraction of sp³-hybridized carbons (Fsp3) is 0.368. The SMILES string of the molecule is Cc1cc(C(=O)COC(=O)C2(C)CC2(Cl)Cl)c(C)n1-c1ccc(F)cc1. The van der Waals surface area contributed by atoms with Crippen molar-refractivity contribution < 1.29 is 18.7 Å². The van der Waals surface area contributed by atoms with Gasteiger partial charge >= 0.3 is 5.97 Å². The molecule has 7 heteroatoms. The first-order valence-electron chi connectivity index (χ1n) is 8.10. The smallest absolute Gasteiger partial charge is 0.315 e. The zero-order chi connectivity index (χ0) is 19.3. The second-order valence-electron chi connectivity index (χ2n) is 6.81. The Morgan fingerprint density at radius 2 is 1.81 bits per heavy atom. The summed E-state index contributed by atoms with van der Waals surface area (Å²) in [4.78, 5) is 24.6. The predicted octanol–water partition coefficient (Wildman–Crippen LogP) is 4.54. The van der Waals surface area contributed by atoms with Gasteiger partial charge in [-0.2, -0.15) is 0 Å². The predicted molar refractivity (Wildman–Crippen MR) is 97.7 cm³/mol. The molecule has 4 nitrogen and oxygen atoms in total. The number of carbonyl (C=O) groups excluding carboxylic acids is 2. The Bertz CT molecular complexity index is 889. The van der Waals surface area contributed by atoms with Gasteiger partial charge in [-0.3, -0.25) is 9.59 Å². The van der Waals surface area contributed by atoms with Gasteiger partial charge in [0.1, 0.15) is 15.6 Å². The minimum absolute atomic E-state index is 0.301. The second kappa shape index (κ2) is 6.39. The highest BCUT2D eigenvalue weighted by Gasteiger charge is 2.69. The molecular weight excluding hydrogens is 380 g/mol. The maximum Gasteiger partial charge on any atom is 0.315 e. The third-order valence-corrected chi connectivity index (χ3v) is 5.96. The molecule has 1 heterocycles. The third-order valence-electron chi connectivity index (χ3n) is 4.86. The van der Waals surface area contributed by atoms with Gasteiger partial charge in [0.05, 0.1) is 0 Å². The highest BCUT2D eigenvalue weighted by molar-refractivity contribution is 6.53. The van der Waals surface area contributed by atoms with E-state index >= 15 is 0 Å².